The summed E-state index contributed by atoms with van der Waals surface area (Å²) in [4.78, 5) is 0. The molecule has 0 amide bonds. The highest BCUT2D eigenvalue weighted by molar-refractivity contribution is 4.75. The van der Waals surface area contributed by atoms with Crippen LogP contribution in [0.15, 0.2) is 0 Å². The van der Waals surface area contributed by atoms with Crippen molar-refractivity contribution < 1.29 is 19.7 Å². The Labute approximate surface area is 59.4 Å². The molecular formula is C6H12O4. The van der Waals surface area contributed by atoms with Crippen molar-refractivity contribution in [2.24, 2.45) is 0 Å². The molecule has 2 unspecified atom stereocenters. The molecule has 0 aromatic heterocycles. The smallest absolute Gasteiger partial charge is 0.183 e. The fraction of sp³-hybridized carbons (Fsp3) is 1.00. The first kappa shape index (κ1) is 7.94. The SMILES string of the molecule is COC1OC(CO)C[C@H]1O. The van der Waals surface area contributed by atoms with Gasteiger partial charge >= 0.3 is 0 Å². The second-order valence-corrected chi connectivity index (χ2v) is 2.35. The van der Waals surface area contributed by atoms with E-state index in [9.17, 15) is 0 Å². The van der Waals surface area contributed by atoms with Crippen LogP contribution in [0.4, 0.5) is 0 Å². The van der Waals surface area contributed by atoms with E-state index in [1.165, 1.54) is 7.11 Å². The predicted molar refractivity (Wildman–Crippen MR) is 33.4 cm³/mol. The lowest BCUT2D eigenvalue weighted by Crippen LogP contribution is -2.22. The zero-order valence-corrected chi connectivity index (χ0v) is 5.86. The zero-order valence-electron chi connectivity index (χ0n) is 5.86. The van der Waals surface area contributed by atoms with E-state index in [4.69, 9.17) is 19.7 Å². The predicted octanol–water partition coefficient (Wildman–Crippen LogP) is -0.899. The third-order valence-electron chi connectivity index (χ3n) is 1.58. The van der Waals surface area contributed by atoms with Crippen LogP contribution < -0.4 is 0 Å². The minimum atomic E-state index is -0.595. The Balaban J connectivity index is 2.36. The lowest BCUT2D eigenvalue weighted by molar-refractivity contribution is -0.153. The van der Waals surface area contributed by atoms with E-state index in [1.807, 2.05) is 0 Å². The summed E-state index contributed by atoms with van der Waals surface area (Å²) in [7, 11) is 1.47. The van der Waals surface area contributed by atoms with Crippen molar-refractivity contribution in [1.82, 2.24) is 0 Å². The van der Waals surface area contributed by atoms with Crippen molar-refractivity contribution in [3.05, 3.63) is 0 Å². The molecule has 0 aromatic carbocycles. The Hall–Kier alpha value is -0.160. The van der Waals surface area contributed by atoms with Gasteiger partial charge in [0.15, 0.2) is 6.29 Å². The Morgan fingerprint density at radius 1 is 1.70 bits per heavy atom. The molecule has 0 aromatic rings. The van der Waals surface area contributed by atoms with Gasteiger partial charge in [-0.2, -0.15) is 0 Å². The summed E-state index contributed by atoms with van der Waals surface area (Å²) < 4.78 is 9.82. The fourth-order valence-electron chi connectivity index (χ4n) is 1.05. The van der Waals surface area contributed by atoms with E-state index < -0.39 is 12.4 Å². The maximum absolute atomic E-state index is 9.13. The van der Waals surface area contributed by atoms with Gasteiger partial charge in [0.1, 0.15) is 6.10 Å². The zero-order chi connectivity index (χ0) is 7.56. The molecule has 1 aliphatic rings. The van der Waals surface area contributed by atoms with Gasteiger partial charge in [0, 0.05) is 13.5 Å². The number of aliphatic hydroxyl groups excluding tert-OH is 2. The molecule has 1 fully saturated rings. The molecule has 10 heavy (non-hydrogen) atoms. The van der Waals surface area contributed by atoms with Crippen LogP contribution in [0.1, 0.15) is 6.42 Å². The molecular weight excluding hydrogens is 136 g/mol. The minimum absolute atomic E-state index is 0.0586. The molecule has 60 valence electrons. The lowest BCUT2D eigenvalue weighted by Gasteiger charge is -2.10. The number of rotatable bonds is 2. The minimum Gasteiger partial charge on any atom is -0.394 e. The first-order valence-electron chi connectivity index (χ1n) is 3.25. The third kappa shape index (κ3) is 1.46. The average Bonchev–Trinajstić information content (AvgIpc) is 2.30. The third-order valence-corrected chi connectivity index (χ3v) is 1.58. The largest absolute Gasteiger partial charge is 0.394 e. The van der Waals surface area contributed by atoms with Crippen molar-refractivity contribution in [2.75, 3.05) is 13.7 Å². The highest BCUT2D eigenvalue weighted by Gasteiger charge is 2.33. The highest BCUT2D eigenvalue weighted by Crippen LogP contribution is 2.19. The molecule has 1 heterocycles. The van der Waals surface area contributed by atoms with E-state index >= 15 is 0 Å². The van der Waals surface area contributed by atoms with Crippen LogP contribution in [0, 0.1) is 0 Å². The monoisotopic (exact) mass is 148 g/mol. The first-order valence-corrected chi connectivity index (χ1v) is 3.25. The van der Waals surface area contributed by atoms with Gasteiger partial charge in [-0.3, -0.25) is 0 Å². The quantitative estimate of drug-likeness (QED) is 0.533. The molecule has 4 heteroatoms. The summed E-state index contributed by atoms with van der Waals surface area (Å²) in [5.74, 6) is 0. The van der Waals surface area contributed by atoms with Gasteiger partial charge in [-0.15, -0.1) is 0 Å². The second-order valence-electron chi connectivity index (χ2n) is 2.35. The molecule has 4 nitrogen and oxygen atoms in total. The topological polar surface area (TPSA) is 58.9 Å². The molecule has 0 radical (unpaired) electrons. The molecule has 0 spiro atoms. The number of ether oxygens (including phenoxy) is 2. The van der Waals surface area contributed by atoms with Crippen LogP contribution in [-0.2, 0) is 9.47 Å². The fourth-order valence-corrected chi connectivity index (χ4v) is 1.05. The van der Waals surface area contributed by atoms with Crippen LogP contribution in [0.2, 0.25) is 0 Å². The Morgan fingerprint density at radius 3 is 2.70 bits per heavy atom. The molecule has 1 rings (SSSR count). The summed E-state index contributed by atoms with van der Waals surface area (Å²) in [6.45, 7) is -0.0586. The maximum Gasteiger partial charge on any atom is 0.183 e. The van der Waals surface area contributed by atoms with Gasteiger partial charge in [-0.05, 0) is 0 Å². The molecule has 0 aliphatic carbocycles. The van der Waals surface area contributed by atoms with E-state index in [0.29, 0.717) is 6.42 Å². The van der Waals surface area contributed by atoms with Gasteiger partial charge < -0.3 is 19.7 Å². The Bertz CT molecular complexity index is 106. The highest BCUT2D eigenvalue weighted by atomic mass is 16.7. The van der Waals surface area contributed by atoms with Gasteiger partial charge in [-0.25, -0.2) is 0 Å². The van der Waals surface area contributed by atoms with Crippen molar-refractivity contribution in [2.45, 2.75) is 24.9 Å². The number of aliphatic hydroxyl groups is 2. The average molecular weight is 148 g/mol. The van der Waals surface area contributed by atoms with Crippen LogP contribution in [0.25, 0.3) is 0 Å². The summed E-state index contributed by atoms with van der Waals surface area (Å²) in [5.41, 5.74) is 0. The van der Waals surface area contributed by atoms with Gasteiger partial charge in [0.05, 0.1) is 12.7 Å². The molecule has 0 bridgehead atoms. The Morgan fingerprint density at radius 2 is 2.40 bits per heavy atom. The number of hydrogen-bond acceptors (Lipinski definition) is 4. The number of hydrogen-bond donors (Lipinski definition) is 2. The lowest BCUT2D eigenvalue weighted by atomic mass is 10.2. The summed E-state index contributed by atoms with van der Waals surface area (Å²) in [5, 5.41) is 17.7. The van der Waals surface area contributed by atoms with Crippen LogP contribution >= 0.6 is 0 Å². The summed E-state index contributed by atoms with van der Waals surface area (Å²) in [6.07, 6.45) is -0.964. The standard InChI is InChI=1S/C6H12O4/c1-9-6-5(8)2-4(3-7)10-6/h4-8H,2-3H2,1H3/t4?,5-,6?/m1/s1. The second kappa shape index (κ2) is 3.30. The molecule has 1 aliphatic heterocycles. The number of methoxy groups -OCH3 is 1. The Kier molecular flexibility index (Phi) is 2.62. The van der Waals surface area contributed by atoms with Crippen LogP contribution in [0.5, 0.6) is 0 Å². The van der Waals surface area contributed by atoms with E-state index in [0.717, 1.165) is 0 Å². The van der Waals surface area contributed by atoms with Gasteiger partial charge in [0.25, 0.3) is 0 Å². The summed E-state index contributed by atoms with van der Waals surface area (Å²) in [6, 6.07) is 0. The summed E-state index contributed by atoms with van der Waals surface area (Å²) >= 11 is 0. The molecule has 0 saturated carbocycles. The van der Waals surface area contributed by atoms with Crippen molar-refractivity contribution in [3.63, 3.8) is 0 Å². The van der Waals surface area contributed by atoms with Gasteiger partial charge in [0.2, 0.25) is 0 Å². The molecule has 3 atom stereocenters. The van der Waals surface area contributed by atoms with Crippen LogP contribution in [-0.4, -0.2) is 42.4 Å². The van der Waals surface area contributed by atoms with Gasteiger partial charge in [-0.1, -0.05) is 0 Å². The van der Waals surface area contributed by atoms with Crippen LogP contribution in [0.3, 0.4) is 0 Å². The maximum atomic E-state index is 9.13. The van der Waals surface area contributed by atoms with Crippen molar-refractivity contribution in [3.8, 4) is 0 Å². The van der Waals surface area contributed by atoms with Crippen molar-refractivity contribution in [1.29, 1.82) is 0 Å². The van der Waals surface area contributed by atoms with E-state index in [2.05, 4.69) is 0 Å². The molecule has 1 saturated heterocycles. The normalized spacial score (nSPS) is 40.5. The van der Waals surface area contributed by atoms with E-state index in [1.54, 1.807) is 0 Å². The first-order chi connectivity index (χ1) is 4.77. The molecule has 2 N–H and O–H groups in total. The van der Waals surface area contributed by atoms with Crippen molar-refractivity contribution >= 4 is 0 Å². The van der Waals surface area contributed by atoms with E-state index in [-0.39, 0.29) is 12.7 Å².